The van der Waals surface area contributed by atoms with Crippen molar-refractivity contribution in [3.63, 3.8) is 0 Å². The maximum absolute atomic E-state index is 12.2. The number of amides is 2. The first-order valence-electron chi connectivity index (χ1n) is 8.44. The molecule has 2 aromatic carbocycles. The minimum absolute atomic E-state index is 0.0245. The highest BCUT2D eigenvalue weighted by Crippen LogP contribution is 2.20. The molecule has 2 amide bonds. The van der Waals surface area contributed by atoms with Gasteiger partial charge in [0, 0.05) is 30.8 Å². The average Bonchev–Trinajstić information content (AvgIpc) is 2.57. The van der Waals surface area contributed by atoms with Gasteiger partial charge in [-0.25, -0.2) is 0 Å². The molecule has 25 heavy (non-hydrogen) atoms. The molecule has 0 fully saturated rings. The second kappa shape index (κ2) is 8.99. The van der Waals surface area contributed by atoms with Crippen molar-refractivity contribution in [2.45, 2.75) is 33.1 Å². The van der Waals surface area contributed by atoms with Crippen molar-refractivity contribution in [1.29, 1.82) is 0 Å². The van der Waals surface area contributed by atoms with Gasteiger partial charge in [-0.3, -0.25) is 9.59 Å². The number of aryl methyl sites for hydroxylation is 3. The zero-order valence-corrected chi connectivity index (χ0v) is 14.8. The van der Waals surface area contributed by atoms with Crippen LogP contribution in [-0.4, -0.2) is 18.4 Å². The molecule has 132 valence electrons. The number of anilines is 2. The molecular formula is C20H25N3O2. The Morgan fingerprint density at radius 2 is 1.60 bits per heavy atom. The molecule has 0 spiro atoms. The van der Waals surface area contributed by atoms with Crippen LogP contribution in [0.1, 0.15) is 29.5 Å². The van der Waals surface area contributed by atoms with E-state index in [4.69, 9.17) is 5.73 Å². The van der Waals surface area contributed by atoms with Gasteiger partial charge in [-0.1, -0.05) is 29.8 Å². The summed E-state index contributed by atoms with van der Waals surface area (Å²) >= 11 is 0. The Kier molecular flexibility index (Phi) is 6.71. The van der Waals surface area contributed by atoms with Crippen LogP contribution in [0.2, 0.25) is 0 Å². The largest absolute Gasteiger partial charge is 0.330 e. The smallest absolute Gasteiger partial charge is 0.225 e. The van der Waals surface area contributed by atoms with Crippen molar-refractivity contribution >= 4 is 23.2 Å². The quantitative estimate of drug-likeness (QED) is 0.724. The summed E-state index contributed by atoms with van der Waals surface area (Å²) in [5, 5.41) is 5.71. The predicted molar refractivity (Wildman–Crippen MR) is 102 cm³/mol. The lowest BCUT2D eigenvalue weighted by atomic mass is 10.1. The summed E-state index contributed by atoms with van der Waals surface area (Å²) in [6.07, 6.45) is 1.42. The zero-order valence-electron chi connectivity index (χ0n) is 14.8. The molecule has 0 aliphatic rings. The molecule has 0 atom stereocenters. The minimum atomic E-state index is -0.114. The molecular weight excluding hydrogens is 314 g/mol. The van der Waals surface area contributed by atoms with E-state index in [-0.39, 0.29) is 18.2 Å². The van der Waals surface area contributed by atoms with Gasteiger partial charge in [0.05, 0.1) is 0 Å². The lowest BCUT2D eigenvalue weighted by Gasteiger charge is -2.11. The standard InChI is InChI=1S/C20H25N3O2/c1-14-3-5-16(6-4-14)7-10-19(24)23-18-9-8-17(13-15(18)2)22-20(25)11-12-21/h3-6,8-9,13H,7,10-12,21H2,1-2H3,(H,22,25)(H,23,24). The van der Waals surface area contributed by atoms with Gasteiger partial charge in [0.2, 0.25) is 11.8 Å². The van der Waals surface area contributed by atoms with Gasteiger partial charge in [-0.15, -0.1) is 0 Å². The topological polar surface area (TPSA) is 84.2 Å². The van der Waals surface area contributed by atoms with Crippen molar-refractivity contribution < 1.29 is 9.59 Å². The average molecular weight is 339 g/mol. The zero-order chi connectivity index (χ0) is 18.2. The summed E-state index contributed by atoms with van der Waals surface area (Å²) < 4.78 is 0. The Morgan fingerprint density at radius 3 is 2.24 bits per heavy atom. The third-order valence-electron chi connectivity index (χ3n) is 3.92. The summed E-state index contributed by atoms with van der Waals surface area (Å²) in [5.74, 6) is -0.139. The van der Waals surface area contributed by atoms with Gasteiger partial charge in [-0.2, -0.15) is 0 Å². The molecule has 0 aliphatic heterocycles. The summed E-state index contributed by atoms with van der Waals surface area (Å²) in [4.78, 5) is 23.7. The Labute approximate surface area is 148 Å². The second-order valence-electron chi connectivity index (χ2n) is 6.15. The fourth-order valence-electron chi connectivity index (χ4n) is 2.46. The third-order valence-corrected chi connectivity index (χ3v) is 3.92. The molecule has 0 heterocycles. The molecule has 4 N–H and O–H groups in total. The van der Waals surface area contributed by atoms with Crippen molar-refractivity contribution in [1.82, 2.24) is 0 Å². The molecule has 5 heteroatoms. The van der Waals surface area contributed by atoms with E-state index >= 15 is 0 Å². The number of rotatable bonds is 7. The maximum Gasteiger partial charge on any atom is 0.225 e. The van der Waals surface area contributed by atoms with Crippen LogP contribution in [0.15, 0.2) is 42.5 Å². The van der Waals surface area contributed by atoms with Gasteiger partial charge in [-0.05, 0) is 49.6 Å². The van der Waals surface area contributed by atoms with E-state index in [1.54, 1.807) is 12.1 Å². The van der Waals surface area contributed by atoms with E-state index in [0.29, 0.717) is 25.1 Å². The van der Waals surface area contributed by atoms with Gasteiger partial charge in [0.15, 0.2) is 0 Å². The molecule has 2 aromatic rings. The molecule has 0 saturated heterocycles. The van der Waals surface area contributed by atoms with Crippen LogP contribution < -0.4 is 16.4 Å². The summed E-state index contributed by atoms with van der Waals surface area (Å²) in [6, 6.07) is 13.6. The first-order valence-corrected chi connectivity index (χ1v) is 8.44. The van der Waals surface area contributed by atoms with E-state index in [2.05, 4.69) is 22.8 Å². The van der Waals surface area contributed by atoms with Gasteiger partial charge in [0.1, 0.15) is 0 Å². The van der Waals surface area contributed by atoms with E-state index in [0.717, 1.165) is 16.8 Å². The van der Waals surface area contributed by atoms with Crippen LogP contribution >= 0.6 is 0 Å². The normalized spacial score (nSPS) is 10.4. The van der Waals surface area contributed by atoms with Crippen LogP contribution in [0.3, 0.4) is 0 Å². The van der Waals surface area contributed by atoms with Crippen molar-refractivity contribution in [2.75, 3.05) is 17.2 Å². The predicted octanol–water partition coefficient (Wildman–Crippen LogP) is 3.16. The van der Waals surface area contributed by atoms with E-state index in [1.165, 1.54) is 5.56 Å². The summed E-state index contributed by atoms with van der Waals surface area (Å²) in [7, 11) is 0. The molecule has 0 bridgehead atoms. The third kappa shape index (κ3) is 6.04. The van der Waals surface area contributed by atoms with Crippen molar-refractivity contribution in [2.24, 2.45) is 5.73 Å². The number of nitrogens with two attached hydrogens (primary N) is 1. The monoisotopic (exact) mass is 339 g/mol. The van der Waals surface area contributed by atoms with E-state index < -0.39 is 0 Å². The van der Waals surface area contributed by atoms with Crippen LogP contribution in [0.25, 0.3) is 0 Å². The van der Waals surface area contributed by atoms with Crippen molar-refractivity contribution in [3.05, 3.63) is 59.2 Å². The fourth-order valence-corrected chi connectivity index (χ4v) is 2.46. The Morgan fingerprint density at radius 1 is 0.920 bits per heavy atom. The molecule has 5 nitrogen and oxygen atoms in total. The van der Waals surface area contributed by atoms with Gasteiger partial charge in [0.25, 0.3) is 0 Å². The minimum Gasteiger partial charge on any atom is -0.330 e. The van der Waals surface area contributed by atoms with Gasteiger partial charge < -0.3 is 16.4 Å². The van der Waals surface area contributed by atoms with E-state index in [9.17, 15) is 9.59 Å². The maximum atomic E-state index is 12.2. The van der Waals surface area contributed by atoms with Crippen LogP contribution in [0.5, 0.6) is 0 Å². The number of benzene rings is 2. The lowest BCUT2D eigenvalue weighted by molar-refractivity contribution is -0.116. The highest BCUT2D eigenvalue weighted by molar-refractivity contribution is 5.93. The molecule has 0 saturated carbocycles. The first-order chi connectivity index (χ1) is 12.0. The number of hydrogen-bond acceptors (Lipinski definition) is 3. The molecule has 2 rings (SSSR count). The Balaban J connectivity index is 1.89. The first kappa shape index (κ1) is 18.7. The summed E-state index contributed by atoms with van der Waals surface area (Å²) in [5.41, 5.74) is 10.1. The highest BCUT2D eigenvalue weighted by atomic mass is 16.2. The second-order valence-corrected chi connectivity index (χ2v) is 6.15. The number of carbonyl (C=O) groups is 2. The SMILES string of the molecule is Cc1ccc(CCC(=O)Nc2ccc(NC(=O)CCN)cc2C)cc1. The van der Waals surface area contributed by atoms with Crippen LogP contribution in [-0.2, 0) is 16.0 Å². The van der Waals surface area contributed by atoms with Gasteiger partial charge >= 0.3 is 0 Å². The molecule has 0 aromatic heterocycles. The Hall–Kier alpha value is -2.66. The molecule has 0 radical (unpaired) electrons. The van der Waals surface area contributed by atoms with Crippen LogP contribution in [0.4, 0.5) is 11.4 Å². The lowest BCUT2D eigenvalue weighted by Crippen LogP contribution is -2.16. The fraction of sp³-hybridized carbons (Fsp3) is 0.300. The van der Waals surface area contributed by atoms with E-state index in [1.807, 2.05) is 32.0 Å². The number of nitrogens with one attached hydrogen (secondary N) is 2. The summed E-state index contributed by atoms with van der Waals surface area (Å²) in [6.45, 7) is 4.26. The molecule has 0 unspecified atom stereocenters. The van der Waals surface area contributed by atoms with Crippen molar-refractivity contribution in [3.8, 4) is 0 Å². The molecule has 0 aliphatic carbocycles. The Bertz CT molecular complexity index is 739. The number of carbonyl (C=O) groups excluding carboxylic acids is 2. The van der Waals surface area contributed by atoms with Crippen LogP contribution in [0, 0.1) is 13.8 Å². The number of hydrogen-bond donors (Lipinski definition) is 3. The highest BCUT2D eigenvalue weighted by Gasteiger charge is 2.07.